The van der Waals surface area contributed by atoms with E-state index < -0.39 is 22.0 Å². The predicted molar refractivity (Wildman–Crippen MR) is 187 cm³/mol. The number of likely N-dealkylation sites (tertiary alicyclic amines) is 1. The summed E-state index contributed by atoms with van der Waals surface area (Å²) >= 11 is 6.39. The van der Waals surface area contributed by atoms with Gasteiger partial charge < -0.3 is 14.7 Å². The number of anilines is 1. The number of amides is 4. The first kappa shape index (κ1) is 34.7. The first-order valence-electron chi connectivity index (χ1n) is 16.9. The molecule has 11 nitrogen and oxygen atoms in total. The molecule has 4 aliphatic rings. The minimum atomic E-state index is -3.99. The van der Waals surface area contributed by atoms with Gasteiger partial charge in [-0.05, 0) is 79.4 Å². The maximum absolute atomic E-state index is 13.7. The van der Waals surface area contributed by atoms with Gasteiger partial charge in [0.2, 0.25) is 21.8 Å². The number of piperazine rings is 1. The quantitative estimate of drug-likeness (QED) is 0.314. The van der Waals surface area contributed by atoms with Crippen molar-refractivity contribution < 1.29 is 32.0 Å². The Balaban J connectivity index is 0.975. The monoisotopic (exact) mass is 731 g/mol. The zero-order valence-corrected chi connectivity index (χ0v) is 29.2. The van der Waals surface area contributed by atoms with E-state index in [0.717, 1.165) is 11.3 Å². The van der Waals surface area contributed by atoms with Crippen LogP contribution in [-0.4, -0.2) is 91.5 Å². The number of imide groups is 1. The molecule has 3 aromatic rings. The van der Waals surface area contributed by atoms with Crippen molar-refractivity contribution in [2.75, 3.05) is 44.2 Å². The van der Waals surface area contributed by atoms with Crippen molar-refractivity contribution in [2.24, 2.45) is 5.92 Å². The lowest BCUT2D eigenvalue weighted by atomic mass is 9.95. The van der Waals surface area contributed by atoms with Gasteiger partial charge in [0.15, 0.2) is 0 Å². The molecule has 1 N–H and O–H groups in total. The molecule has 14 heteroatoms. The molecule has 51 heavy (non-hydrogen) atoms. The molecule has 3 aromatic carbocycles. The van der Waals surface area contributed by atoms with Crippen LogP contribution >= 0.6 is 11.6 Å². The molecule has 4 amide bonds. The number of sulfonamides is 1. The Morgan fingerprint density at radius 3 is 2.33 bits per heavy atom. The number of halogens is 2. The van der Waals surface area contributed by atoms with E-state index in [9.17, 15) is 32.0 Å². The van der Waals surface area contributed by atoms with E-state index in [1.807, 2.05) is 11.0 Å². The molecule has 0 bridgehead atoms. The van der Waals surface area contributed by atoms with E-state index in [1.165, 1.54) is 39.5 Å². The summed E-state index contributed by atoms with van der Waals surface area (Å²) in [5, 5.41) is 2.36. The summed E-state index contributed by atoms with van der Waals surface area (Å²) < 4.78 is 42.1. The molecule has 3 fully saturated rings. The highest BCUT2D eigenvalue weighted by Crippen LogP contribution is 2.31. The van der Waals surface area contributed by atoms with E-state index >= 15 is 0 Å². The van der Waals surface area contributed by atoms with Crippen LogP contribution in [0.2, 0.25) is 5.02 Å². The van der Waals surface area contributed by atoms with Crippen LogP contribution in [0.5, 0.6) is 0 Å². The molecular weight excluding hydrogens is 697 g/mol. The van der Waals surface area contributed by atoms with Gasteiger partial charge in [-0.2, -0.15) is 4.31 Å². The standard InChI is InChI=1S/C37H35ClFN5O6S/c38-31-11-6-26(22-33(31)51(49,50)43-20-18-41(19-21-43)28-9-7-27(39)8-10-28)36(47)42-16-14-24(15-17-42)4-5-25-2-1-3-29-30(25)23-44(37(29)48)32-12-13-34(45)40-35(32)46/h1-3,6-11,22,24,32H,12-21,23H2,(H,40,45,46). The minimum absolute atomic E-state index is 0.00276. The summed E-state index contributed by atoms with van der Waals surface area (Å²) in [7, 11) is -3.99. The van der Waals surface area contributed by atoms with E-state index in [0.29, 0.717) is 50.1 Å². The second-order valence-electron chi connectivity index (χ2n) is 13.1. The van der Waals surface area contributed by atoms with Crippen LogP contribution < -0.4 is 10.2 Å². The Kier molecular flexibility index (Phi) is 9.58. The number of nitrogens with zero attached hydrogens (tertiary/aromatic N) is 4. The summed E-state index contributed by atoms with van der Waals surface area (Å²) in [6, 6.07) is 15.1. The number of benzene rings is 3. The van der Waals surface area contributed by atoms with Crippen LogP contribution in [0.1, 0.15) is 57.5 Å². The lowest BCUT2D eigenvalue weighted by Crippen LogP contribution is -2.52. The second kappa shape index (κ2) is 14.1. The summed E-state index contributed by atoms with van der Waals surface area (Å²) in [4.78, 5) is 55.8. The number of rotatable bonds is 5. The molecule has 4 aliphatic heterocycles. The van der Waals surface area contributed by atoms with Gasteiger partial charge in [0.1, 0.15) is 16.8 Å². The molecule has 1 unspecified atom stereocenters. The first-order chi connectivity index (χ1) is 24.5. The van der Waals surface area contributed by atoms with Gasteiger partial charge >= 0.3 is 0 Å². The summed E-state index contributed by atoms with van der Waals surface area (Å²) in [6.45, 7) is 2.37. The third kappa shape index (κ3) is 6.96. The van der Waals surface area contributed by atoms with Crippen LogP contribution in [0.15, 0.2) is 65.6 Å². The van der Waals surface area contributed by atoms with Crippen LogP contribution in [0, 0.1) is 23.6 Å². The zero-order chi connectivity index (χ0) is 35.9. The minimum Gasteiger partial charge on any atom is -0.369 e. The Morgan fingerprint density at radius 2 is 1.63 bits per heavy atom. The fourth-order valence-electron chi connectivity index (χ4n) is 7.10. The lowest BCUT2D eigenvalue weighted by molar-refractivity contribution is -0.136. The molecule has 1 atom stereocenters. The third-order valence-electron chi connectivity index (χ3n) is 10.0. The van der Waals surface area contributed by atoms with Crippen LogP contribution in [0.4, 0.5) is 10.1 Å². The van der Waals surface area contributed by atoms with Crippen molar-refractivity contribution in [1.82, 2.24) is 19.4 Å². The normalized spacial score (nSPS) is 20.2. The molecular formula is C37H35ClFN5O6S. The highest BCUT2D eigenvalue weighted by atomic mass is 35.5. The van der Waals surface area contributed by atoms with E-state index in [2.05, 4.69) is 17.2 Å². The molecule has 0 saturated carbocycles. The van der Waals surface area contributed by atoms with Gasteiger partial charge in [0.05, 0.1) is 5.02 Å². The molecule has 0 aromatic heterocycles. The van der Waals surface area contributed by atoms with Crippen molar-refractivity contribution in [2.45, 2.75) is 43.2 Å². The van der Waals surface area contributed by atoms with Crippen LogP contribution in [0.25, 0.3) is 0 Å². The first-order valence-corrected chi connectivity index (χ1v) is 18.7. The number of carbonyl (C=O) groups excluding carboxylic acids is 4. The van der Waals surface area contributed by atoms with Crippen LogP contribution in [0.3, 0.4) is 0 Å². The highest BCUT2D eigenvalue weighted by Gasteiger charge is 2.40. The molecule has 0 aliphatic carbocycles. The molecule has 7 rings (SSSR count). The van der Waals surface area contributed by atoms with Gasteiger partial charge in [0, 0.05) is 80.5 Å². The maximum atomic E-state index is 13.7. The largest absolute Gasteiger partial charge is 0.369 e. The van der Waals surface area contributed by atoms with E-state index in [-0.39, 0.29) is 77.4 Å². The third-order valence-corrected chi connectivity index (χ3v) is 12.4. The molecule has 3 saturated heterocycles. The fraction of sp³-hybridized carbons (Fsp3) is 0.351. The number of carbonyl (C=O) groups is 4. The van der Waals surface area contributed by atoms with Crippen molar-refractivity contribution in [3.8, 4) is 11.8 Å². The number of fused-ring (bicyclic) bond motifs is 1. The average Bonchev–Trinajstić information content (AvgIpc) is 3.47. The van der Waals surface area contributed by atoms with Crippen molar-refractivity contribution in [3.63, 3.8) is 0 Å². The number of hydrogen-bond donors (Lipinski definition) is 1. The van der Waals surface area contributed by atoms with Crippen LogP contribution in [-0.2, 0) is 26.2 Å². The number of nitrogens with one attached hydrogen (secondary N) is 1. The highest BCUT2D eigenvalue weighted by molar-refractivity contribution is 7.89. The fourth-order valence-corrected chi connectivity index (χ4v) is 9.03. The molecule has 4 heterocycles. The smallest absolute Gasteiger partial charge is 0.255 e. The Morgan fingerprint density at radius 1 is 0.902 bits per heavy atom. The second-order valence-corrected chi connectivity index (χ2v) is 15.4. The number of piperidine rings is 2. The van der Waals surface area contributed by atoms with Gasteiger partial charge in [-0.25, -0.2) is 12.8 Å². The van der Waals surface area contributed by atoms with Gasteiger partial charge in [-0.3, -0.25) is 24.5 Å². The lowest BCUT2D eigenvalue weighted by Gasteiger charge is -2.35. The topological polar surface area (TPSA) is 127 Å². The average molecular weight is 732 g/mol. The SMILES string of the molecule is O=C1CCC(N2Cc3c(C#CC4CCN(C(=O)c5ccc(Cl)c(S(=O)(=O)N6CCN(c7ccc(F)cc7)CC6)c5)CC4)cccc3C2=O)C(=O)N1. The number of hydrogen-bond acceptors (Lipinski definition) is 7. The summed E-state index contributed by atoms with van der Waals surface area (Å²) in [5.74, 6) is 4.88. The van der Waals surface area contributed by atoms with Gasteiger partial charge in [0.25, 0.3) is 11.8 Å². The Bertz CT molecular complexity index is 2080. The Hall–Kier alpha value is -4.77. The van der Waals surface area contributed by atoms with Crippen molar-refractivity contribution >= 4 is 50.9 Å². The van der Waals surface area contributed by atoms with Gasteiger partial charge in [-0.15, -0.1) is 0 Å². The van der Waals surface area contributed by atoms with Gasteiger partial charge in [-0.1, -0.05) is 29.5 Å². The van der Waals surface area contributed by atoms with E-state index in [1.54, 1.807) is 29.2 Å². The van der Waals surface area contributed by atoms with Crippen molar-refractivity contribution in [3.05, 3.63) is 93.8 Å². The maximum Gasteiger partial charge on any atom is 0.255 e. The summed E-state index contributed by atoms with van der Waals surface area (Å²) in [5.41, 5.74) is 3.02. The van der Waals surface area contributed by atoms with Crippen molar-refractivity contribution in [1.29, 1.82) is 0 Å². The van der Waals surface area contributed by atoms with E-state index in [4.69, 9.17) is 11.6 Å². The molecule has 0 spiro atoms. The molecule has 264 valence electrons. The Labute approximate surface area is 300 Å². The summed E-state index contributed by atoms with van der Waals surface area (Å²) in [6.07, 6.45) is 1.70. The zero-order valence-electron chi connectivity index (χ0n) is 27.6. The molecule has 0 radical (unpaired) electrons. The predicted octanol–water partition coefficient (Wildman–Crippen LogP) is 3.65.